The third kappa shape index (κ3) is 7.32. The van der Waals surface area contributed by atoms with Crippen LogP contribution in [0.1, 0.15) is 64.9 Å². The van der Waals surface area contributed by atoms with Crippen molar-refractivity contribution in [2.75, 3.05) is 13.1 Å². The van der Waals surface area contributed by atoms with Crippen molar-refractivity contribution < 1.29 is 19.5 Å². The van der Waals surface area contributed by atoms with Crippen LogP contribution < -0.4 is 16.4 Å². The number of aliphatic hydroxyl groups excluding tert-OH is 1. The molecule has 204 valence electrons. The van der Waals surface area contributed by atoms with E-state index in [1.165, 1.54) is 12.8 Å². The Morgan fingerprint density at radius 3 is 2.32 bits per heavy atom. The molecule has 2 aliphatic carbocycles. The fourth-order valence-corrected chi connectivity index (χ4v) is 6.23. The second-order valence-electron chi connectivity index (χ2n) is 12.5. The number of nitrogens with one attached hydrogen (secondary N) is 2. The lowest BCUT2D eigenvalue weighted by atomic mass is 9.72. The van der Waals surface area contributed by atoms with Crippen LogP contribution >= 0.6 is 0 Å². The molecule has 7 atom stereocenters. The number of likely N-dealkylation sites (tertiary alicyclic amines) is 1. The third-order valence-corrected chi connectivity index (χ3v) is 8.31. The van der Waals surface area contributed by atoms with Crippen molar-refractivity contribution in [3.05, 3.63) is 35.9 Å². The van der Waals surface area contributed by atoms with Gasteiger partial charge in [-0.1, -0.05) is 49.6 Å². The van der Waals surface area contributed by atoms with E-state index in [4.69, 9.17) is 5.73 Å². The quantitative estimate of drug-likeness (QED) is 0.403. The van der Waals surface area contributed by atoms with E-state index in [9.17, 15) is 19.5 Å². The van der Waals surface area contributed by atoms with Crippen LogP contribution in [0, 0.1) is 23.7 Å². The molecule has 1 saturated heterocycles. The number of carbonyl (C=O) groups excluding carboxylic acids is 3. The number of aliphatic hydroxyl groups is 1. The van der Waals surface area contributed by atoms with E-state index >= 15 is 0 Å². The van der Waals surface area contributed by atoms with Gasteiger partial charge in [-0.2, -0.15) is 0 Å². The van der Waals surface area contributed by atoms with Crippen molar-refractivity contribution in [2.24, 2.45) is 29.4 Å². The Hall–Kier alpha value is -2.45. The summed E-state index contributed by atoms with van der Waals surface area (Å²) < 4.78 is 0. The van der Waals surface area contributed by atoms with Crippen LogP contribution in [0.3, 0.4) is 0 Å². The molecule has 2 unspecified atom stereocenters. The average Bonchev–Trinajstić information content (AvgIpc) is 3.64. The van der Waals surface area contributed by atoms with Gasteiger partial charge in [0.1, 0.15) is 0 Å². The highest BCUT2D eigenvalue weighted by atomic mass is 16.3. The van der Waals surface area contributed by atoms with Gasteiger partial charge in [-0.15, -0.1) is 0 Å². The predicted octanol–water partition coefficient (Wildman–Crippen LogP) is 1.99. The minimum atomic E-state index is -0.875. The molecule has 3 amide bonds. The molecule has 2 saturated carbocycles. The molecule has 5 N–H and O–H groups in total. The topological polar surface area (TPSA) is 125 Å². The first-order valence-corrected chi connectivity index (χ1v) is 13.9. The smallest absolute Gasteiger partial charge is 0.237 e. The number of β-amino-alcohol motifs (C(OH)–C–C–N with tert-alkyl or cyclic N) is 1. The van der Waals surface area contributed by atoms with E-state index in [1.54, 1.807) is 0 Å². The summed E-state index contributed by atoms with van der Waals surface area (Å²) in [6, 6.07) is 8.91. The van der Waals surface area contributed by atoms with E-state index in [0.29, 0.717) is 31.2 Å². The van der Waals surface area contributed by atoms with Crippen LogP contribution in [0.2, 0.25) is 0 Å². The Bertz CT molecular complexity index is 962. The largest absolute Gasteiger partial charge is 0.390 e. The number of hydrogen-bond acceptors (Lipinski definition) is 5. The van der Waals surface area contributed by atoms with Gasteiger partial charge in [-0.3, -0.25) is 19.3 Å². The molecular weight excluding hydrogens is 468 g/mol. The first kappa shape index (κ1) is 27.6. The summed E-state index contributed by atoms with van der Waals surface area (Å²) in [6.45, 7) is 7.03. The van der Waals surface area contributed by atoms with Gasteiger partial charge >= 0.3 is 0 Å². The third-order valence-electron chi connectivity index (χ3n) is 8.31. The molecule has 4 rings (SSSR count). The van der Waals surface area contributed by atoms with Crippen molar-refractivity contribution in [3.63, 3.8) is 0 Å². The number of primary amides is 1. The summed E-state index contributed by atoms with van der Waals surface area (Å²) in [5, 5.41) is 17.7. The molecule has 3 fully saturated rings. The Morgan fingerprint density at radius 1 is 1.03 bits per heavy atom. The maximum absolute atomic E-state index is 13.4. The van der Waals surface area contributed by atoms with Gasteiger partial charge in [-0.25, -0.2) is 0 Å². The van der Waals surface area contributed by atoms with Crippen LogP contribution in [0.25, 0.3) is 0 Å². The summed E-state index contributed by atoms with van der Waals surface area (Å²) in [6.07, 6.45) is 5.60. The van der Waals surface area contributed by atoms with Crippen LogP contribution in [0.4, 0.5) is 0 Å². The minimum absolute atomic E-state index is 0.00893. The fraction of sp³-hybridized carbons (Fsp3) is 0.690. The van der Waals surface area contributed by atoms with Crippen molar-refractivity contribution in [3.8, 4) is 0 Å². The molecule has 1 aliphatic heterocycles. The van der Waals surface area contributed by atoms with Crippen molar-refractivity contribution in [1.29, 1.82) is 0 Å². The number of nitrogens with zero attached hydrogens (tertiary/aromatic N) is 1. The zero-order chi connectivity index (χ0) is 26.7. The number of fused-ring (bicyclic) bond motifs is 1. The predicted molar refractivity (Wildman–Crippen MR) is 142 cm³/mol. The maximum atomic E-state index is 13.4. The summed E-state index contributed by atoms with van der Waals surface area (Å²) in [4.78, 5) is 40.0. The first-order chi connectivity index (χ1) is 17.5. The molecule has 0 bridgehead atoms. The molecule has 0 spiro atoms. The van der Waals surface area contributed by atoms with Crippen LogP contribution in [0.5, 0.6) is 0 Å². The van der Waals surface area contributed by atoms with E-state index in [1.807, 2.05) is 51.1 Å². The number of nitrogens with two attached hydrogens (primary N) is 1. The number of rotatable bonds is 9. The highest BCUT2D eigenvalue weighted by Gasteiger charge is 2.48. The molecule has 3 aliphatic rings. The second kappa shape index (κ2) is 11.5. The normalized spacial score (nSPS) is 29.5. The SMILES string of the molecule is CC(C)(C)NC(=O)[C@H]1C[C@@H]2CCCC[C@@H]2CN1C[C@@H](O)[C@H](Cc1ccccc1)NC(=O)C1CC1C(N)=O. The molecule has 37 heavy (non-hydrogen) atoms. The molecule has 1 aromatic rings. The minimum Gasteiger partial charge on any atom is -0.390 e. The van der Waals surface area contributed by atoms with Crippen LogP contribution in [-0.2, 0) is 20.8 Å². The number of carbonyl (C=O) groups is 3. The van der Waals surface area contributed by atoms with Gasteiger partial charge in [0.25, 0.3) is 0 Å². The monoisotopic (exact) mass is 512 g/mol. The zero-order valence-electron chi connectivity index (χ0n) is 22.5. The summed E-state index contributed by atoms with van der Waals surface area (Å²) >= 11 is 0. The van der Waals surface area contributed by atoms with Crippen LogP contribution in [-0.4, -0.2) is 64.5 Å². The lowest BCUT2D eigenvalue weighted by molar-refractivity contribution is -0.133. The van der Waals surface area contributed by atoms with Crippen molar-refractivity contribution in [1.82, 2.24) is 15.5 Å². The van der Waals surface area contributed by atoms with Gasteiger partial charge in [-0.05, 0) is 63.9 Å². The van der Waals surface area contributed by atoms with Crippen molar-refractivity contribution >= 4 is 17.7 Å². The molecule has 0 radical (unpaired) electrons. The summed E-state index contributed by atoms with van der Waals surface area (Å²) in [5.41, 5.74) is 6.06. The van der Waals surface area contributed by atoms with Crippen LogP contribution in [0.15, 0.2) is 30.3 Å². The van der Waals surface area contributed by atoms with E-state index < -0.39 is 29.9 Å². The van der Waals surface area contributed by atoms with Gasteiger partial charge < -0.3 is 21.5 Å². The number of benzene rings is 1. The summed E-state index contributed by atoms with van der Waals surface area (Å²) in [5.74, 6) is -0.464. The Balaban J connectivity index is 1.50. The Kier molecular flexibility index (Phi) is 8.59. The number of piperidine rings is 1. The van der Waals surface area contributed by atoms with E-state index in [-0.39, 0.29) is 23.4 Å². The highest BCUT2D eigenvalue weighted by molar-refractivity contribution is 5.91. The lowest BCUT2D eigenvalue weighted by Crippen LogP contribution is -2.60. The van der Waals surface area contributed by atoms with Gasteiger partial charge in [0.05, 0.1) is 30.0 Å². The Labute approximate surface area is 220 Å². The molecular formula is C29H44N4O4. The maximum Gasteiger partial charge on any atom is 0.237 e. The van der Waals surface area contributed by atoms with E-state index in [0.717, 1.165) is 31.4 Å². The fourth-order valence-electron chi connectivity index (χ4n) is 6.23. The molecule has 8 heteroatoms. The molecule has 1 heterocycles. The van der Waals surface area contributed by atoms with E-state index in [2.05, 4.69) is 15.5 Å². The number of hydrogen-bond donors (Lipinski definition) is 4. The second-order valence-corrected chi connectivity index (χ2v) is 12.5. The van der Waals surface area contributed by atoms with Gasteiger partial charge in [0.2, 0.25) is 17.7 Å². The standard InChI is InChI=1S/C29H44N4O4/c1-29(2,3)32-28(37)24-14-19-11-7-8-12-20(19)16-33(24)17-25(34)23(13-18-9-5-4-6-10-18)31-27(36)22-15-21(22)26(30)35/h4-6,9-10,19-25,34H,7-8,11-17H2,1-3H3,(H2,30,35)(H,31,36)(H,32,37)/t19-,20+,21?,22?,23-,24+,25+/m0/s1. The highest BCUT2D eigenvalue weighted by Crippen LogP contribution is 2.40. The number of amides is 3. The lowest BCUT2D eigenvalue weighted by Gasteiger charge is -2.47. The molecule has 8 nitrogen and oxygen atoms in total. The van der Waals surface area contributed by atoms with Crippen molar-refractivity contribution in [2.45, 2.75) is 89.4 Å². The molecule has 1 aromatic carbocycles. The van der Waals surface area contributed by atoms with Gasteiger partial charge in [0, 0.05) is 18.6 Å². The van der Waals surface area contributed by atoms with Gasteiger partial charge in [0.15, 0.2) is 0 Å². The average molecular weight is 513 g/mol. The zero-order valence-corrected chi connectivity index (χ0v) is 22.5. The Morgan fingerprint density at radius 2 is 1.70 bits per heavy atom. The molecule has 0 aromatic heterocycles. The first-order valence-electron chi connectivity index (χ1n) is 13.9. The summed E-state index contributed by atoms with van der Waals surface area (Å²) in [7, 11) is 0.